The fourth-order valence-electron chi connectivity index (χ4n) is 1.19. The van der Waals surface area contributed by atoms with Gasteiger partial charge in [0.1, 0.15) is 0 Å². The van der Waals surface area contributed by atoms with Crippen molar-refractivity contribution in [2.24, 2.45) is 0 Å². The Bertz CT molecular complexity index is 518. The summed E-state index contributed by atoms with van der Waals surface area (Å²) in [5, 5.41) is 0. The van der Waals surface area contributed by atoms with Crippen LogP contribution in [0.3, 0.4) is 0 Å². The number of hydrogen-bond donors (Lipinski definition) is 0. The molecule has 0 nitrogen and oxygen atoms in total. The van der Waals surface area contributed by atoms with E-state index in [-0.39, 0.29) is 12.1 Å². The van der Waals surface area contributed by atoms with Crippen molar-refractivity contribution in [3.63, 3.8) is 0 Å². The molecule has 0 heteroatoms. The third-order valence-corrected chi connectivity index (χ3v) is 1.90. The highest BCUT2D eigenvalue weighted by atomic mass is 14.0. The molecule has 0 N–H and O–H groups in total. The van der Waals surface area contributed by atoms with Crippen molar-refractivity contribution in [2.75, 3.05) is 0 Å². The van der Waals surface area contributed by atoms with Crippen LogP contribution in [0, 0.1) is 6.92 Å². The number of hydrogen-bond acceptors (Lipinski definition) is 0. The highest BCUT2D eigenvalue weighted by molar-refractivity contribution is 5.63. The second-order valence-corrected chi connectivity index (χ2v) is 2.94. The molecule has 2 aromatic rings. The highest BCUT2D eigenvalue weighted by Crippen LogP contribution is 2.18. The van der Waals surface area contributed by atoms with Gasteiger partial charge in [0.2, 0.25) is 0 Å². The summed E-state index contributed by atoms with van der Waals surface area (Å²) in [6.45, 7) is 1.71. The zero-order valence-corrected chi connectivity index (χ0v) is 7.46. The summed E-state index contributed by atoms with van der Waals surface area (Å²) < 4.78 is 23.4. The van der Waals surface area contributed by atoms with E-state index in [1.54, 1.807) is 13.0 Å². The van der Waals surface area contributed by atoms with E-state index in [0.29, 0.717) is 17.2 Å². The van der Waals surface area contributed by atoms with E-state index in [0.717, 1.165) is 5.56 Å². The maximum absolute atomic E-state index is 7.90. The minimum atomic E-state index is 0.145. The third kappa shape index (κ3) is 1.78. The molecule has 0 aliphatic rings. The van der Waals surface area contributed by atoms with E-state index >= 15 is 0 Å². The second kappa shape index (κ2) is 3.44. The molecule has 0 bridgehead atoms. The van der Waals surface area contributed by atoms with Crippen LogP contribution in [-0.2, 0) is 0 Å². The molecule has 0 unspecified atom stereocenters. The Balaban J connectivity index is 2.68. The zero-order valence-electron chi connectivity index (χ0n) is 10.5. The molecule has 0 amide bonds. The molecule has 0 saturated heterocycles. The van der Waals surface area contributed by atoms with Gasteiger partial charge in [0, 0.05) is 0 Å². The molecule has 13 heavy (non-hydrogen) atoms. The first-order valence-electron chi connectivity index (χ1n) is 5.74. The molecule has 64 valence electrons. The topological polar surface area (TPSA) is 0 Å². The summed E-state index contributed by atoms with van der Waals surface area (Å²) in [6.07, 6.45) is 0. The lowest BCUT2D eigenvalue weighted by atomic mass is 10.0. The van der Waals surface area contributed by atoms with Gasteiger partial charge in [0.05, 0.1) is 4.11 Å². The van der Waals surface area contributed by atoms with Gasteiger partial charge in [-0.05, 0) is 18.1 Å². The molecule has 0 radical (unpaired) electrons. The molecule has 2 aromatic carbocycles. The van der Waals surface area contributed by atoms with Gasteiger partial charge in [-0.1, -0.05) is 60.1 Å². The lowest BCUT2D eigenvalue weighted by Gasteiger charge is -2.00. The van der Waals surface area contributed by atoms with Crippen LogP contribution in [-0.4, -0.2) is 0 Å². The quantitative estimate of drug-likeness (QED) is 0.614. The van der Waals surface area contributed by atoms with Crippen LogP contribution >= 0.6 is 0 Å². The van der Waals surface area contributed by atoms with Crippen molar-refractivity contribution < 1.29 is 4.11 Å². The Morgan fingerprint density at radius 1 is 0.846 bits per heavy atom. The summed E-state index contributed by atoms with van der Waals surface area (Å²) >= 11 is 0. The van der Waals surface area contributed by atoms with E-state index in [9.17, 15) is 0 Å². The number of benzene rings is 2. The predicted octanol–water partition coefficient (Wildman–Crippen LogP) is 3.66. The van der Waals surface area contributed by atoms with Crippen LogP contribution in [0.4, 0.5) is 0 Å². The van der Waals surface area contributed by atoms with Crippen molar-refractivity contribution in [3.8, 4) is 11.1 Å². The normalized spacial score (nSPS) is 13.2. The Kier molecular flexibility index (Phi) is 1.38. The lowest BCUT2D eigenvalue weighted by molar-refractivity contribution is 1.47. The first-order chi connectivity index (χ1) is 7.61. The molecule has 0 aromatic heterocycles. The standard InChI is InChI=1S/C13H12/c1-11-7-9-13(10-8-11)12-5-3-2-4-6-12/h2-10H,1H3/i7D,8D,9D. The second-order valence-electron chi connectivity index (χ2n) is 2.94. The van der Waals surface area contributed by atoms with Crippen molar-refractivity contribution in [1.29, 1.82) is 0 Å². The number of rotatable bonds is 1. The molecule has 0 aliphatic carbocycles. The van der Waals surface area contributed by atoms with Crippen LogP contribution in [0.25, 0.3) is 11.1 Å². The molecule has 0 heterocycles. The van der Waals surface area contributed by atoms with Gasteiger partial charge in [0.25, 0.3) is 0 Å². The van der Waals surface area contributed by atoms with Gasteiger partial charge in [-0.2, -0.15) is 0 Å². The molecule has 0 atom stereocenters. The molecule has 0 aliphatic heterocycles. The molecule has 0 fully saturated rings. The third-order valence-electron chi connectivity index (χ3n) is 1.90. The summed E-state index contributed by atoms with van der Waals surface area (Å²) in [6, 6.07) is 11.8. The molecule has 0 spiro atoms. The van der Waals surface area contributed by atoms with Gasteiger partial charge < -0.3 is 0 Å². The minimum Gasteiger partial charge on any atom is -0.0622 e. The van der Waals surface area contributed by atoms with E-state index < -0.39 is 0 Å². The van der Waals surface area contributed by atoms with Crippen molar-refractivity contribution in [3.05, 3.63) is 60.1 Å². The van der Waals surface area contributed by atoms with Gasteiger partial charge in [-0.25, -0.2) is 0 Å². The van der Waals surface area contributed by atoms with E-state index in [2.05, 4.69) is 0 Å². The Hall–Kier alpha value is -1.56. The first kappa shape index (κ1) is 5.23. The highest BCUT2D eigenvalue weighted by Gasteiger charge is 1.93. The average Bonchev–Trinajstić information content (AvgIpc) is 2.32. The molecule has 2 rings (SSSR count). The van der Waals surface area contributed by atoms with Gasteiger partial charge >= 0.3 is 0 Å². The Labute approximate surface area is 83.1 Å². The smallest absolute Gasteiger partial charge is 0.0622 e. The molecular formula is C13H12. The fourth-order valence-corrected chi connectivity index (χ4v) is 1.19. The maximum Gasteiger partial charge on any atom is 0.0629 e. The van der Waals surface area contributed by atoms with E-state index in [1.807, 2.05) is 30.3 Å². The first-order valence-corrected chi connectivity index (χ1v) is 4.24. The van der Waals surface area contributed by atoms with Gasteiger partial charge in [-0.15, -0.1) is 0 Å². The van der Waals surface area contributed by atoms with Gasteiger partial charge in [-0.3, -0.25) is 0 Å². The summed E-state index contributed by atoms with van der Waals surface area (Å²) in [4.78, 5) is 0. The monoisotopic (exact) mass is 171 g/mol. The van der Waals surface area contributed by atoms with Crippen LogP contribution in [0.5, 0.6) is 0 Å². The predicted molar refractivity (Wildman–Crippen MR) is 56.6 cm³/mol. The maximum atomic E-state index is 7.90. The Morgan fingerprint density at radius 2 is 1.62 bits per heavy atom. The summed E-state index contributed by atoms with van der Waals surface area (Å²) in [5.41, 5.74) is 2.10. The van der Waals surface area contributed by atoms with Crippen LogP contribution in [0.15, 0.2) is 54.5 Å². The Morgan fingerprint density at radius 3 is 2.38 bits per heavy atom. The van der Waals surface area contributed by atoms with E-state index in [4.69, 9.17) is 4.11 Å². The van der Waals surface area contributed by atoms with Gasteiger partial charge in [0.15, 0.2) is 0 Å². The fraction of sp³-hybridized carbons (Fsp3) is 0.0769. The molecular weight excluding hydrogens is 156 g/mol. The van der Waals surface area contributed by atoms with Crippen molar-refractivity contribution >= 4 is 0 Å². The largest absolute Gasteiger partial charge is 0.0629 e. The van der Waals surface area contributed by atoms with Crippen molar-refractivity contribution in [1.82, 2.24) is 0 Å². The van der Waals surface area contributed by atoms with Crippen LogP contribution in [0.1, 0.15) is 9.68 Å². The van der Waals surface area contributed by atoms with Crippen LogP contribution < -0.4 is 0 Å². The SMILES string of the molecule is [2H]c1cc(-c2ccccc2)c([2H])c([2H])c1C. The van der Waals surface area contributed by atoms with Crippen molar-refractivity contribution in [2.45, 2.75) is 6.92 Å². The minimum absolute atomic E-state index is 0.145. The average molecular weight is 171 g/mol. The van der Waals surface area contributed by atoms with E-state index in [1.165, 1.54) is 0 Å². The summed E-state index contributed by atoms with van der Waals surface area (Å²) in [7, 11) is 0. The molecule has 0 saturated carbocycles. The van der Waals surface area contributed by atoms with Crippen LogP contribution in [0.2, 0.25) is 0 Å². The lowest BCUT2D eigenvalue weighted by Crippen LogP contribution is -1.76. The summed E-state index contributed by atoms with van der Waals surface area (Å²) in [5.74, 6) is 0. The zero-order chi connectivity index (χ0) is 11.7.